The van der Waals surface area contributed by atoms with Gasteiger partial charge in [0.2, 0.25) is 0 Å². The molecule has 7 aliphatic rings. The number of ether oxygens (including phenoxy) is 1. The van der Waals surface area contributed by atoms with Crippen LogP contribution in [-0.2, 0) is 4.74 Å². The van der Waals surface area contributed by atoms with E-state index in [9.17, 15) is 0 Å². The summed E-state index contributed by atoms with van der Waals surface area (Å²) in [5.74, 6) is 3.48. The normalized spacial score (nSPS) is 25.5. The van der Waals surface area contributed by atoms with E-state index in [0.717, 1.165) is 83.3 Å². The fourth-order valence-electron chi connectivity index (χ4n) is 13.3. The first kappa shape index (κ1) is 58.3. The monoisotopic (exact) mass is 1020 g/mol. The van der Waals surface area contributed by atoms with Crippen molar-refractivity contribution in [1.29, 1.82) is 0 Å². The second-order valence-corrected chi connectivity index (χ2v) is 25.5. The van der Waals surface area contributed by atoms with Crippen molar-refractivity contribution in [2.75, 3.05) is 52.8 Å². The van der Waals surface area contributed by atoms with Crippen LogP contribution in [0.2, 0.25) is 0 Å². The van der Waals surface area contributed by atoms with Crippen molar-refractivity contribution >= 4 is 17.9 Å². The molecule has 1 heterocycles. The van der Waals surface area contributed by atoms with Gasteiger partial charge in [-0.2, -0.15) is 0 Å². The number of nitrogens with zero attached hydrogens (tertiary/aromatic N) is 6. The van der Waals surface area contributed by atoms with Crippen LogP contribution < -0.4 is 31.9 Å². The average molecular weight is 1020 g/mol. The first-order valence-corrected chi connectivity index (χ1v) is 31.6. The van der Waals surface area contributed by atoms with E-state index in [4.69, 9.17) is 19.7 Å². The molecule has 73 heavy (non-hydrogen) atoms. The van der Waals surface area contributed by atoms with Crippen LogP contribution in [0.15, 0.2) is 15.0 Å². The minimum atomic E-state index is -0.343. The van der Waals surface area contributed by atoms with Crippen molar-refractivity contribution in [3.63, 3.8) is 0 Å². The minimum Gasteiger partial charge on any atom is -0.374 e. The highest BCUT2D eigenvalue weighted by molar-refractivity contribution is 5.81. The Kier molecular flexibility index (Phi) is 24.9. The number of hydrogen-bond acceptors (Lipinski definition) is 7. The molecule has 13 nitrogen and oxygen atoms in total. The summed E-state index contributed by atoms with van der Waals surface area (Å²) in [5, 5.41) is 23.5. The first-order chi connectivity index (χ1) is 35.5. The van der Waals surface area contributed by atoms with Gasteiger partial charge in [-0.15, -0.1) is 0 Å². The summed E-state index contributed by atoms with van der Waals surface area (Å²) in [5.41, 5.74) is -0.486. The fraction of sp³-hybridized carbons (Fsp3) is 0.950. The topological polar surface area (TPSA) is 128 Å². The largest absolute Gasteiger partial charge is 0.374 e. The van der Waals surface area contributed by atoms with Gasteiger partial charge in [0.15, 0.2) is 17.9 Å². The maximum Gasteiger partial charge on any atom is 0.192 e. The highest BCUT2D eigenvalue weighted by Gasteiger charge is 2.39. The summed E-state index contributed by atoms with van der Waals surface area (Å²) in [6.45, 7) is 21.8. The van der Waals surface area contributed by atoms with Crippen LogP contribution >= 0.6 is 0 Å². The molecule has 7 fully saturated rings. The van der Waals surface area contributed by atoms with Gasteiger partial charge in [0.1, 0.15) is 0 Å². The van der Waals surface area contributed by atoms with Gasteiger partial charge in [-0.25, -0.2) is 15.0 Å². The molecule has 1 saturated heterocycles. The van der Waals surface area contributed by atoms with Gasteiger partial charge in [-0.1, -0.05) is 129 Å². The number of guanidine groups is 3. The van der Waals surface area contributed by atoms with Crippen molar-refractivity contribution < 1.29 is 4.74 Å². The van der Waals surface area contributed by atoms with Crippen LogP contribution in [0.5, 0.6) is 0 Å². The third-order valence-corrected chi connectivity index (χ3v) is 19.0. The zero-order chi connectivity index (χ0) is 51.1. The summed E-state index contributed by atoms with van der Waals surface area (Å²) in [6, 6.07) is 3.22. The smallest absolute Gasteiger partial charge is 0.192 e. The molecule has 1 aliphatic heterocycles. The lowest BCUT2D eigenvalue weighted by molar-refractivity contribution is -0.129. The van der Waals surface area contributed by atoms with Gasteiger partial charge in [-0.3, -0.25) is 14.7 Å². The molecule has 0 aromatic heterocycles. The molecule has 3 atom stereocenters. The highest BCUT2D eigenvalue weighted by Crippen LogP contribution is 2.30. The molecule has 0 aromatic rings. The van der Waals surface area contributed by atoms with Crippen LogP contribution in [0, 0.1) is 5.92 Å². The molecule has 0 spiro atoms. The van der Waals surface area contributed by atoms with E-state index in [0.29, 0.717) is 48.8 Å². The molecular weight excluding hydrogens is 905 g/mol. The lowest BCUT2D eigenvalue weighted by Gasteiger charge is -2.49. The van der Waals surface area contributed by atoms with E-state index in [1.807, 2.05) is 0 Å². The number of rotatable bonds is 22. The quantitative estimate of drug-likeness (QED) is 0.0354. The highest BCUT2D eigenvalue weighted by atomic mass is 16.5. The van der Waals surface area contributed by atoms with E-state index < -0.39 is 0 Å². The third-order valence-electron chi connectivity index (χ3n) is 19.0. The predicted molar refractivity (Wildman–Crippen MR) is 309 cm³/mol. The van der Waals surface area contributed by atoms with E-state index in [2.05, 4.69) is 88.1 Å². The average Bonchev–Trinajstić information content (AvgIpc) is 3.41. The van der Waals surface area contributed by atoms with Gasteiger partial charge in [0.25, 0.3) is 0 Å². The summed E-state index contributed by atoms with van der Waals surface area (Å²) in [4.78, 5) is 24.2. The Labute approximate surface area is 448 Å². The van der Waals surface area contributed by atoms with Crippen LogP contribution in [0.3, 0.4) is 0 Å². The summed E-state index contributed by atoms with van der Waals surface area (Å²) in [6.07, 6.45) is 42.2. The van der Waals surface area contributed by atoms with Gasteiger partial charge >= 0.3 is 0 Å². The van der Waals surface area contributed by atoms with Crippen molar-refractivity contribution in [3.8, 4) is 0 Å². The molecule has 13 heteroatoms. The maximum absolute atomic E-state index is 7.17. The molecule has 6 N–H and O–H groups in total. The van der Waals surface area contributed by atoms with Crippen molar-refractivity contribution in [1.82, 2.24) is 46.6 Å². The van der Waals surface area contributed by atoms with E-state index in [1.54, 1.807) is 0 Å². The zero-order valence-corrected chi connectivity index (χ0v) is 48.2. The summed E-state index contributed by atoms with van der Waals surface area (Å²) >= 11 is 0. The second-order valence-electron chi connectivity index (χ2n) is 25.5. The van der Waals surface area contributed by atoms with E-state index in [-0.39, 0.29) is 17.2 Å². The summed E-state index contributed by atoms with van der Waals surface area (Å²) in [7, 11) is 0. The van der Waals surface area contributed by atoms with Gasteiger partial charge < -0.3 is 36.6 Å². The SMILES string of the molecule is CCC(C)(NC(=NC1CCCCC1)NC1CCCCC1)C(C)COC(C)(C)C(C)N1CN(CCCNC(=NC2CCCCC2)NC2CCCCC2)CN(CCCNC(=NC2CCCCC2)NC2CCCCC2)C1. The molecule has 420 valence electrons. The Morgan fingerprint density at radius 3 is 1.23 bits per heavy atom. The number of nitrogens with one attached hydrogen (secondary N) is 6. The Morgan fingerprint density at radius 2 is 0.849 bits per heavy atom. The standard InChI is InChI=1S/C60H114N12O/c1-7-60(6,69-58(67-54-36-22-12-23-37-54)68-55-38-24-13-25-39-55)48(2)44-73-59(4,5)49(3)72-46-70(42-26-40-61-56(63-50-28-14-8-15-29-50)64-51-30-16-9-17-31-51)45-71(47-72)43-27-41-62-57(65-52-32-18-10-19-33-52)66-53-34-20-11-21-35-53/h48-55H,7-47H2,1-6H3,(H2,61,63,64)(H2,62,65,66)(H2,67,68,69). The molecule has 7 rings (SSSR count). The predicted octanol–water partition coefficient (Wildman–Crippen LogP) is 11.1. The van der Waals surface area contributed by atoms with E-state index >= 15 is 0 Å². The Morgan fingerprint density at radius 1 is 0.493 bits per heavy atom. The molecule has 6 saturated carbocycles. The maximum atomic E-state index is 7.17. The van der Waals surface area contributed by atoms with Crippen molar-refractivity contribution in [3.05, 3.63) is 0 Å². The van der Waals surface area contributed by atoms with Crippen molar-refractivity contribution in [2.24, 2.45) is 20.9 Å². The molecule has 0 aromatic carbocycles. The molecule has 0 amide bonds. The number of aliphatic imine (C=N–C) groups is 3. The van der Waals surface area contributed by atoms with E-state index in [1.165, 1.54) is 193 Å². The fourth-order valence-corrected chi connectivity index (χ4v) is 13.3. The van der Waals surface area contributed by atoms with Crippen molar-refractivity contribution in [2.45, 2.75) is 307 Å². The minimum absolute atomic E-state index is 0.144. The molecule has 3 unspecified atom stereocenters. The van der Waals surface area contributed by atoms with Gasteiger partial charge in [-0.05, 0) is 124 Å². The Bertz CT molecular complexity index is 1540. The van der Waals surface area contributed by atoms with Gasteiger partial charge in [0.05, 0.1) is 50.3 Å². The Hall–Kier alpha value is -2.35. The Balaban J connectivity index is 0.976. The zero-order valence-electron chi connectivity index (χ0n) is 48.2. The first-order valence-electron chi connectivity index (χ1n) is 31.6. The molecule has 0 bridgehead atoms. The van der Waals surface area contributed by atoms with Crippen LogP contribution in [0.25, 0.3) is 0 Å². The molecular formula is C60H114N12O. The number of hydrogen-bond donors (Lipinski definition) is 6. The molecule has 0 radical (unpaired) electrons. The summed E-state index contributed by atoms with van der Waals surface area (Å²) < 4.78 is 7.17. The second kappa shape index (κ2) is 31.2. The van der Waals surface area contributed by atoms with Crippen LogP contribution in [0.1, 0.15) is 253 Å². The van der Waals surface area contributed by atoms with Crippen LogP contribution in [0.4, 0.5) is 0 Å². The van der Waals surface area contributed by atoms with Crippen LogP contribution in [-0.4, -0.2) is 139 Å². The van der Waals surface area contributed by atoms with Gasteiger partial charge in [0, 0.05) is 61.8 Å². The lowest BCUT2D eigenvalue weighted by Crippen LogP contribution is -2.62. The lowest BCUT2D eigenvalue weighted by atomic mass is 9.84. The third kappa shape index (κ3) is 20.2. The molecule has 6 aliphatic carbocycles.